The van der Waals surface area contributed by atoms with Crippen LogP contribution in [0.2, 0.25) is 0 Å². The molecule has 28 heavy (non-hydrogen) atoms. The van der Waals surface area contributed by atoms with Crippen LogP contribution in [0.4, 0.5) is 17.3 Å². The Morgan fingerprint density at radius 1 is 0.964 bits per heavy atom. The third-order valence-electron chi connectivity index (χ3n) is 4.23. The number of nitrogens with one attached hydrogen (secondary N) is 3. The molecule has 0 bridgehead atoms. The van der Waals surface area contributed by atoms with Gasteiger partial charge in [0.05, 0.1) is 11.3 Å². The van der Waals surface area contributed by atoms with E-state index in [1.54, 1.807) is 12.1 Å². The molecular weight excluding hydrogens is 378 g/mol. The SMILES string of the molecule is O=C1Cc2cc(S(=O)(=O)Nc3ccc(NCc4ccccc4)nn3)ccc2N1. The Hall–Kier alpha value is -3.46. The van der Waals surface area contributed by atoms with Crippen molar-refractivity contribution >= 4 is 33.3 Å². The number of benzene rings is 2. The van der Waals surface area contributed by atoms with Crippen LogP contribution in [0.15, 0.2) is 65.6 Å². The van der Waals surface area contributed by atoms with E-state index in [4.69, 9.17) is 0 Å². The maximum atomic E-state index is 12.6. The van der Waals surface area contributed by atoms with E-state index < -0.39 is 10.0 Å². The lowest BCUT2D eigenvalue weighted by Gasteiger charge is -2.09. The van der Waals surface area contributed by atoms with Crippen molar-refractivity contribution in [1.29, 1.82) is 0 Å². The summed E-state index contributed by atoms with van der Waals surface area (Å²) in [5, 5.41) is 13.7. The average molecular weight is 395 g/mol. The molecule has 0 fully saturated rings. The van der Waals surface area contributed by atoms with Gasteiger partial charge >= 0.3 is 0 Å². The van der Waals surface area contributed by atoms with E-state index in [1.165, 1.54) is 18.2 Å². The molecule has 0 atom stereocenters. The summed E-state index contributed by atoms with van der Waals surface area (Å²) in [5.74, 6) is 0.496. The van der Waals surface area contributed by atoms with Crippen molar-refractivity contribution in [3.8, 4) is 0 Å². The van der Waals surface area contributed by atoms with Crippen LogP contribution in [0.3, 0.4) is 0 Å². The maximum absolute atomic E-state index is 12.6. The predicted molar refractivity (Wildman–Crippen MR) is 105 cm³/mol. The smallest absolute Gasteiger partial charge is 0.263 e. The van der Waals surface area contributed by atoms with Gasteiger partial charge in [0.25, 0.3) is 10.0 Å². The van der Waals surface area contributed by atoms with Crippen molar-refractivity contribution in [2.45, 2.75) is 17.9 Å². The van der Waals surface area contributed by atoms with E-state index in [0.29, 0.717) is 23.6 Å². The van der Waals surface area contributed by atoms with Gasteiger partial charge in [0.1, 0.15) is 5.82 Å². The Labute approximate surface area is 162 Å². The zero-order chi connectivity index (χ0) is 19.6. The number of carbonyl (C=O) groups excluding carboxylic acids is 1. The standard InChI is InChI=1S/C19H17N5O3S/c25-19-11-14-10-15(6-7-16(14)21-19)28(26,27)24-18-9-8-17(22-23-18)20-12-13-4-2-1-3-5-13/h1-10H,11-12H2,(H,20,22)(H,21,25)(H,23,24). The number of hydrogen-bond donors (Lipinski definition) is 3. The lowest BCUT2D eigenvalue weighted by Crippen LogP contribution is -2.15. The molecular formula is C19H17N5O3S. The number of nitrogens with zero attached hydrogens (tertiary/aromatic N) is 2. The summed E-state index contributed by atoms with van der Waals surface area (Å²) in [6.07, 6.45) is 0.167. The minimum atomic E-state index is -3.83. The molecule has 2 aromatic carbocycles. The van der Waals surface area contributed by atoms with E-state index in [-0.39, 0.29) is 23.0 Å². The lowest BCUT2D eigenvalue weighted by atomic mass is 10.2. The molecule has 3 N–H and O–H groups in total. The molecule has 3 aromatic rings. The normalized spacial score (nSPS) is 12.9. The molecule has 4 rings (SSSR count). The molecule has 142 valence electrons. The van der Waals surface area contributed by atoms with Gasteiger partial charge in [-0.1, -0.05) is 30.3 Å². The highest BCUT2D eigenvalue weighted by molar-refractivity contribution is 7.92. The van der Waals surface area contributed by atoms with Gasteiger partial charge in [-0.2, -0.15) is 0 Å². The van der Waals surface area contributed by atoms with Gasteiger partial charge in [0.2, 0.25) is 5.91 Å². The summed E-state index contributed by atoms with van der Waals surface area (Å²) < 4.78 is 27.6. The van der Waals surface area contributed by atoms with Crippen molar-refractivity contribution in [3.05, 3.63) is 71.8 Å². The zero-order valence-electron chi connectivity index (χ0n) is 14.7. The first-order chi connectivity index (χ1) is 13.5. The molecule has 2 heterocycles. The van der Waals surface area contributed by atoms with Gasteiger partial charge in [-0.25, -0.2) is 8.42 Å². The van der Waals surface area contributed by atoms with Gasteiger partial charge in [-0.15, -0.1) is 10.2 Å². The Balaban J connectivity index is 1.43. The summed E-state index contributed by atoms with van der Waals surface area (Å²) in [5.41, 5.74) is 2.38. The van der Waals surface area contributed by atoms with Crippen molar-refractivity contribution in [3.63, 3.8) is 0 Å². The summed E-state index contributed by atoms with van der Waals surface area (Å²) in [7, 11) is -3.83. The fourth-order valence-corrected chi connectivity index (χ4v) is 3.89. The molecule has 1 aliphatic rings. The highest BCUT2D eigenvalue weighted by Gasteiger charge is 2.22. The second kappa shape index (κ2) is 7.28. The third kappa shape index (κ3) is 3.94. The van der Waals surface area contributed by atoms with Crippen molar-refractivity contribution in [2.24, 2.45) is 0 Å². The molecule has 1 amide bonds. The largest absolute Gasteiger partial charge is 0.365 e. The molecule has 0 saturated carbocycles. The van der Waals surface area contributed by atoms with Crippen LogP contribution in [0.25, 0.3) is 0 Å². The average Bonchev–Trinajstić information content (AvgIpc) is 3.07. The van der Waals surface area contributed by atoms with Gasteiger partial charge in [-0.05, 0) is 41.5 Å². The molecule has 8 nitrogen and oxygen atoms in total. The molecule has 9 heteroatoms. The third-order valence-corrected chi connectivity index (χ3v) is 5.58. The Kier molecular flexibility index (Phi) is 4.66. The Morgan fingerprint density at radius 3 is 2.46 bits per heavy atom. The predicted octanol–water partition coefficient (Wildman–Crippen LogP) is 2.38. The fraction of sp³-hybridized carbons (Fsp3) is 0.105. The first kappa shape index (κ1) is 17.9. The van der Waals surface area contributed by atoms with Crippen LogP contribution >= 0.6 is 0 Å². The van der Waals surface area contributed by atoms with E-state index in [2.05, 4.69) is 25.6 Å². The van der Waals surface area contributed by atoms with E-state index in [9.17, 15) is 13.2 Å². The first-order valence-corrected chi connectivity index (χ1v) is 10.0. The van der Waals surface area contributed by atoms with E-state index in [1.807, 2.05) is 30.3 Å². The summed E-state index contributed by atoms with van der Waals surface area (Å²) in [6, 6.07) is 17.5. The summed E-state index contributed by atoms with van der Waals surface area (Å²) >= 11 is 0. The second-order valence-electron chi connectivity index (χ2n) is 6.29. The van der Waals surface area contributed by atoms with E-state index >= 15 is 0 Å². The van der Waals surface area contributed by atoms with Crippen LogP contribution in [-0.4, -0.2) is 24.5 Å². The molecule has 0 saturated heterocycles. The van der Waals surface area contributed by atoms with Crippen molar-refractivity contribution in [2.75, 3.05) is 15.4 Å². The van der Waals surface area contributed by atoms with Gasteiger partial charge in [0.15, 0.2) is 5.82 Å². The van der Waals surface area contributed by atoms with Crippen LogP contribution in [0.5, 0.6) is 0 Å². The van der Waals surface area contributed by atoms with Crippen molar-refractivity contribution in [1.82, 2.24) is 10.2 Å². The number of anilines is 3. The number of carbonyl (C=O) groups is 1. The second-order valence-corrected chi connectivity index (χ2v) is 7.97. The highest BCUT2D eigenvalue weighted by atomic mass is 32.2. The molecule has 0 aliphatic carbocycles. The molecule has 0 spiro atoms. The topological polar surface area (TPSA) is 113 Å². The van der Waals surface area contributed by atoms with Gasteiger partial charge in [-0.3, -0.25) is 9.52 Å². The monoisotopic (exact) mass is 395 g/mol. The van der Waals surface area contributed by atoms with Crippen LogP contribution in [0.1, 0.15) is 11.1 Å². The van der Waals surface area contributed by atoms with Crippen molar-refractivity contribution < 1.29 is 13.2 Å². The number of sulfonamides is 1. The number of hydrogen-bond acceptors (Lipinski definition) is 6. The Morgan fingerprint density at radius 2 is 1.71 bits per heavy atom. The Bertz CT molecular complexity index is 1120. The number of amides is 1. The summed E-state index contributed by atoms with van der Waals surface area (Å²) in [6.45, 7) is 0.586. The van der Waals surface area contributed by atoms with Crippen LogP contribution in [0, 0.1) is 0 Å². The summed E-state index contributed by atoms with van der Waals surface area (Å²) in [4.78, 5) is 11.5. The first-order valence-electron chi connectivity index (χ1n) is 8.57. The highest BCUT2D eigenvalue weighted by Crippen LogP contribution is 2.26. The van der Waals surface area contributed by atoms with Gasteiger partial charge < -0.3 is 10.6 Å². The van der Waals surface area contributed by atoms with Crippen LogP contribution < -0.4 is 15.4 Å². The fourth-order valence-electron chi connectivity index (χ4n) is 2.84. The number of aromatic nitrogens is 2. The lowest BCUT2D eigenvalue weighted by molar-refractivity contribution is -0.115. The molecule has 0 unspecified atom stereocenters. The minimum absolute atomic E-state index is 0.0656. The quantitative estimate of drug-likeness (QED) is 0.591. The zero-order valence-corrected chi connectivity index (χ0v) is 15.5. The minimum Gasteiger partial charge on any atom is -0.365 e. The molecule has 1 aliphatic heterocycles. The molecule has 1 aromatic heterocycles. The molecule has 0 radical (unpaired) electrons. The van der Waals surface area contributed by atoms with Crippen LogP contribution in [-0.2, 0) is 27.8 Å². The maximum Gasteiger partial charge on any atom is 0.263 e. The number of rotatable bonds is 6. The number of fused-ring (bicyclic) bond motifs is 1. The van der Waals surface area contributed by atoms with Gasteiger partial charge in [0, 0.05) is 12.2 Å². The van der Waals surface area contributed by atoms with E-state index in [0.717, 1.165) is 5.56 Å².